The number of halogens is 6. The molecule has 0 bridgehead atoms. The Hall–Kier alpha value is -4.63. The van der Waals surface area contributed by atoms with Crippen molar-refractivity contribution in [3.8, 4) is 11.5 Å². The van der Waals surface area contributed by atoms with Crippen molar-refractivity contribution in [2.75, 3.05) is 26.3 Å². The van der Waals surface area contributed by atoms with Crippen LogP contribution in [0.3, 0.4) is 0 Å². The zero-order chi connectivity index (χ0) is 32.4. The molecule has 0 aliphatic carbocycles. The number of piperidine rings is 1. The van der Waals surface area contributed by atoms with E-state index in [1.54, 1.807) is 55.5 Å². The summed E-state index contributed by atoms with van der Waals surface area (Å²) in [6.45, 7) is 3.75. The van der Waals surface area contributed by atoms with Gasteiger partial charge in [0.05, 0.1) is 11.4 Å². The molecule has 0 radical (unpaired) electrons. The summed E-state index contributed by atoms with van der Waals surface area (Å²) in [5.41, 5.74) is 6.48. The molecule has 1 aliphatic rings. The number of carbonyl (C=O) groups is 3. The van der Waals surface area contributed by atoms with Crippen LogP contribution in [0.1, 0.15) is 35.7 Å². The van der Waals surface area contributed by atoms with E-state index >= 15 is 0 Å². The summed E-state index contributed by atoms with van der Waals surface area (Å²) >= 11 is 0. The molecular formula is C27H28F6N4O6. The minimum Gasteiger partial charge on any atom is -0.490 e. The van der Waals surface area contributed by atoms with E-state index in [2.05, 4.69) is 0 Å². The van der Waals surface area contributed by atoms with Crippen LogP contribution in [-0.2, 0) is 14.3 Å². The molecule has 2 aromatic carbocycles. The van der Waals surface area contributed by atoms with Crippen molar-refractivity contribution in [3.05, 3.63) is 59.7 Å². The zero-order valence-corrected chi connectivity index (χ0v) is 22.7. The molecule has 0 atom stereocenters. The number of rotatable bonds is 9. The largest absolute Gasteiger partial charge is 0.490 e. The summed E-state index contributed by atoms with van der Waals surface area (Å²) in [6, 6.07) is 13.8. The van der Waals surface area contributed by atoms with Gasteiger partial charge in [-0.05, 0) is 43.3 Å². The maximum atomic E-state index is 12.2. The zero-order valence-electron chi connectivity index (χ0n) is 22.7. The average Bonchev–Trinajstić information content (AvgIpc) is 2.94. The summed E-state index contributed by atoms with van der Waals surface area (Å²) in [5, 5.41) is 15.1. The second-order valence-electron chi connectivity index (χ2n) is 8.99. The molecule has 0 spiro atoms. The molecule has 0 amide bonds. The maximum absolute atomic E-state index is 12.2. The summed E-state index contributed by atoms with van der Waals surface area (Å²) in [6.07, 6.45) is -9.68. The van der Waals surface area contributed by atoms with Gasteiger partial charge in [0.1, 0.15) is 36.7 Å². The normalized spacial score (nSPS) is 13.7. The molecule has 3 rings (SSSR count). The number of Topliss-reactive ketones (excluding diaryl/α,β-unsaturated/α-hetero) is 2. The van der Waals surface area contributed by atoms with Crippen LogP contribution in [0.2, 0.25) is 0 Å². The van der Waals surface area contributed by atoms with Gasteiger partial charge < -0.3 is 24.8 Å². The highest BCUT2D eigenvalue weighted by atomic mass is 19.4. The lowest BCUT2D eigenvalue weighted by atomic mass is 10.1. The van der Waals surface area contributed by atoms with E-state index in [1.165, 1.54) is 0 Å². The Morgan fingerprint density at radius 3 is 1.91 bits per heavy atom. The minimum absolute atomic E-state index is 0.0313. The number of alkyl halides is 6. The quantitative estimate of drug-likeness (QED) is 0.0939. The molecule has 0 saturated carbocycles. The Morgan fingerprint density at radius 2 is 1.42 bits per heavy atom. The summed E-state index contributed by atoms with van der Waals surface area (Å²) in [5.74, 6) is -5.40. The third-order valence-electron chi connectivity index (χ3n) is 5.76. The number of likely N-dealkylation sites (tertiary alicyclic amines) is 1. The monoisotopic (exact) mass is 618 g/mol. The first-order valence-electron chi connectivity index (χ1n) is 12.5. The summed E-state index contributed by atoms with van der Waals surface area (Å²) < 4.78 is 83.8. The highest BCUT2D eigenvalue weighted by Crippen LogP contribution is 2.24. The van der Waals surface area contributed by atoms with Crippen LogP contribution in [-0.4, -0.2) is 78.9 Å². The molecule has 234 valence electrons. The van der Waals surface area contributed by atoms with Crippen molar-refractivity contribution in [1.82, 2.24) is 4.90 Å². The molecule has 1 aliphatic heterocycles. The Balaban J connectivity index is 0.000000455. The van der Waals surface area contributed by atoms with Crippen molar-refractivity contribution in [3.63, 3.8) is 0 Å². The SMILES string of the molecule is CC(=N)N1CCC(Oc2ccc(C(=O)OCCOc3cccc(C(=N)N)c3)cc2)CC1.O=C(C(=O)C(F)(F)F)C(F)(F)F. The number of nitrogens with one attached hydrogen (secondary N) is 2. The Bertz CT molecular complexity index is 1280. The van der Waals surface area contributed by atoms with Crippen molar-refractivity contribution < 1.29 is 54.9 Å². The number of carbonyl (C=O) groups excluding carboxylic acids is 3. The van der Waals surface area contributed by atoms with Crippen molar-refractivity contribution in [2.24, 2.45) is 5.73 Å². The Kier molecular flexibility index (Phi) is 12.1. The molecule has 10 nitrogen and oxygen atoms in total. The van der Waals surface area contributed by atoms with Crippen LogP contribution < -0.4 is 15.2 Å². The molecule has 1 saturated heterocycles. The summed E-state index contributed by atoms with van der Waals surface area (Å²) in [7, 11) is 0. The lowest BCUT2D eigenvalue weighted by Crippen LogP contribution is -2.40. The number of ketones is 2. The van der Waals surface area contributed by atoms with E-state index < -0.39 is 29.9 Å². The van der Waals surface area contributed by atoms with Crippen LogP contribution in [0.4, 0.5) is 26.3 Å². The second-order valence-corrected chi connectivity index (χ2v) is 8.99. The Labute approximate surface area is 241 Å². The number of nitrogen functional groups attached to an aromatic ring is 1. The predicted molar refractivity (Wildman–Crippen MR) is 140 cm³/mol. The van der Waals surface area contributed by atoms with Gasteiger partial charge >= 0.3 is 29.9 Å². The average molecular weight is 619 g/mol. The van der Waals surface area contributed by atoms with Gasteiger partial charge in [0.25, 0.3) is 0 Å². The lowest BCUT2D eigenvalue weighted by molar-refractivity contribution is -0.193. The fourth-order valence-electron chi connectivity index (χ4n) is 3.56. The van der Waals surface area contributed by atoms with Crippen LogP contribution in [0.25, 0.3) is 0 Å². The van der Waals surface area contributed by atoms with E-state index in [4.69, 9.17) is 30.8 Å². The van der Waals surface area contributed by atoms with Gasteiger partial charge in [0.15, 0.2) is 0 Å². The highest BCUT2D eigenvalue weighted by Gasteiger charge is 2.54. The number of benzene rings is 2. The molecule has 1 heterocycles. The lowest BCUT2D eigenvalue weighted by Gasteiger charge is -2.32. The first kappa shape index (κ1) is 34.6. The van der Waals surface area contributed by atoms with Gasteiger partial charge in [0, 0.05) is 31.5 Å². The van der Waals surface area contributed by atoms with Crippen LogP contribution in [0.5, 0.6) is 11.5 Å². The van der Waals surface area contributed by atoms with Gasteiger partial charge in [-0.2, -0.15) is 26.3 Å². The number of hydrogen-bond donors (Lipinski definition) is 3. The second kappa shape index (κ2) is 15.0. The maximum Gasteiger partial charge on any atom is 0.458 e. The Morgan fingerprint density at radius 1 is 0.860 bits per heavy atom. The van der Waals surface area contributed by atoms with Crippen LogP contribution in [0, 0.1) is 10.8 Å². The van der Waals surface area contributed by atoms with E-state index in [9.17, 15) is 40.7 Å². The van der Waals surface area contributed by atoms with E-state index in [0.717, 1.165) is 31.7 Å². The number of hydrogen-bond acceptors (Lipinski definition) is 8. The van der Waals surface area contributed by atoms with Gasteiger partial charge in [-0.3, -0.25) is 20.4 Å². The molecule has 1 fully saturated rings. The van der Waals surface area contributed by atoms with E-state index in [0.29, 0.717) is 22.7 Å². The molecular weight excluding hydrogens is 590 g/mol. The molecule has 0 unspecified atom stereocenters. The third-order valence-corrected chi connectivity index (χ3v) is 5.76. The van der Waals surface area contributed by atoms with Crippen LogP contribution in [0.15, 0.2) is 48.5 Å². The van der Waals surface area contributed by atoms with Crippen molar-refractivity contribution in [2.45, 2.75) is 38.2 Å². The molecule has 2 aromatic rings. The fourth-order valence-corrected chi connectivity index (χ4v) is 3.56. The van der Waals surface area contributed by atoms with Gasteiger partial charge in [0.2, 0.25) is 0 Å². The topological polar surface area (TPSA) is 156 Å². The number of amidine groups is 2. The predicted octanol–water partition coefficient (Wildman–Crippen LogP) is 4.30. The number of nitrogens with zero attached hydrogens (tertiary/aromatic N) is 1. The number of ether oxygens (including phenoxy) is 3. The number of esters is 1. The van der Waals surface area contributed by atoms with Gasteiger partial charge in [-0.25, -0.2) is 4.79 Å². The van der Waals surface area contributed by atoms with Crippen LogP contribution >= 0.6 is 0 Å². The smallest absolute Gasteiger partial charge is 0.458 e. The van der Waals surface area contributed by atoms with E-state index in [-0.39, 0.29) is 25.2 Å². The number of nitrogens with two attached hydrogens (primary N) is 1. The molecule has 4 N–H and O–H groups in total. The van der Waals surface area contributed by atoms with Crippen molar-refractivity contribution in [1.29, 1.82) is 10.8 Å². The van der Waals surface area contributed by atoms with Gasteiger partial charge in [-0.1, -0.05) is 12.1 Å². The summed E-state index contributed by atoms with van der Waals surface area (Å²) in [4.78, 5) is 33.5. The molecule has 0 aromatic heterocycles. The minimum atomic E-state index is -5.77. The molecule has 16 heteroatoms. The highest BCUT2D eigenvalue weighted by molar-refractivity contribution is 6.41. The fraction of sp³-hybridized carbons (Fsp3) is 0.370. The third kappa shape index (κ3) is 11.3. The van der Waals surface area contributed by atoms with Crippen molar-refractivity contribution >= 4 is 29.2 Å². The van der Waals surface area contributed by atoms with E-state index in [1.807, 2.05) is 4.90 Å². The first-order valence-corrected chi connectivity index (χ1v) is 12.5. The van der Waals surface area contributed by atoms with Gasteiger partial charge in [-0.15, -0.1) is 0 Å². The first-order chi connectivity index (χ1) is 20.0. The molecule has 43 heavy (non-hydrogen) atoms. The standard InChI is InChI=1S/C23H28N4O4.C4F6O2/c1-16(24)27-11-9-20(10-12-27)31-19-7-5-17(6-8-19)23(28)30-14-13-29-21-4-2-3-18(15-21)22(25)26;5-3(6,7)1(11)2(12)4(8,9)10/h2-8,15,20,24H,9-14H2,1H3,(H3,25,26);.